The van der Waals surface area contributed by atoms with Crippen LogP contribution in [-0.4, -0.2) is 50.0 Å². The summed E-state index contributed by atoms with van der Waals surface area (Å²) < 4.78 is 26.5. The van der Waals surface area contributed by atoms with Crippen molar-refractivity contribution in [2.45, 2.75) is 71.5 Å². The van der Waals surface area contributed by atoms with E-state index in [1.165, 1.54) is 11.3 Å². The van der Waals surface area contributed by atoms with Gasteiger partial charge in [-0.15, -0.1) is 0 Å². The Balaban J connectivity index is 1.86. The zero-order valence-corrected chi connectivity index (χ0v) is 22.0. The maximum atomic E-state index is 13.6. The van der Waals surface area contributed by atoms with Gasteiger partial charge in [-0.2, -0.15) is 0 Å². The van der Waals surface area contributed by atoms with Gasteiger partial charge < -0.3 is 10.2 Å². The molecule has 1 atom stereocenters. The number of carbonyl (C=O) groups excluding carboxylic acids is 2. The predicted molar refractivity (Wildman–Crippen MR) is 140 cm³/mol. The summed E-state index contributed by atoms with van der Waals surface area (Å²) in [5.74, 6) is -0.637. The van der Waals surface area contributed by atoms with Crippen LogP contribution in [0.25, 0.3) is 0 Å². The van der Waals surface area contributed by atoms with Gasteiger partial charge >= 0.3 is 0 Å². The Morgan fingerprint density at radius 3 is 2.26 bits per heavy atom. The average Bonchev–Trinajstić information content (AvgIpc) is 2.83. The third kappa shape index (κ3) is 7.31. The molecule has 0 aromatic heterocycles. The molecule has 0 bridgehead atoms. The van der Waals surface area contributed by atoms with Gasteiger partial charge in [0.1, 0.15) is 12.6 Å². The van der Waals surface area contributed by atoms with Crippen molar-refractivity contribution in [2.75, 3.05) is 17.1 Å². The summed E-state index contributed by atoms with van der Waals surface area (Å²) in [7, 11) is -3.73. The Kier molecular flexibility index (Phi) is 8.94. The van der Waals surface area contributed by atoms with Crippen molar-refractivity contribution in [3.63, 3.8) is 0 Å². The lowest BCUT2D eigenvalue weighted by molar-refractivity contribution is -0.139. The van der Waals surface area contributed by atoms with Crippen LogP contribution in [0.5, 0.6) is 0 Å². The lowest BCUT2D eigenvalue weighted by Crippen LogP contribution is -2.52. The highest BCUT2D eigenvalue weighted by Crippen LogP contribution is 2.22. The largest absolute Gasteiger partial charge is 0.352 e. The van der Waals surface area contributed by atoms with Crippen LogP contribution in [0.2, 0.25) is 0 Å². The van der Waals surface area contributed by atoms with Crippen molar-refractivity contribution < 1.29 is 18.0 Å². The summed E-state index contributed by atoms with van der Waals surface area (Å²) in [4.78, 5) is 28.2. The number of nitrogens with zero attached hydrogens (tertiary/aromatic N) is 2. The molecule has 1 aliphatic rings. The topological polar surface area (TPSA) is 86.8 Å². The standard InChI is InChI=1S/C27H37N3O4S/c1-20-15-16-25(17-21(20)2)30(35(4,33)34)19-26(31)29(18-23-11-7-5-8-12-23)22(3)27(32)28-24-13-9-6-10-14-24/h5,7-8,11-12,15-17,22,24H,6,9-10,13-14,18-19H2,1-4H3,(H,28,32). The van der Waals surface area contributed by atoms with Gasteiger partial charge in [0.05, 0.1) is 11.9 Å². The Hall–Kier alpha value is -2.87. The van der Waals surface area contributed by atoms with Crippen molar-refractivity contribution in [1.29, 1.82) is 0 Å². The number of aryl methyl sites for hydroxylation is 2. The smallest absolute Gasteiger partial charge is 0.244 e. The Morgan fingerprint density at radius 2 is 1.66 bits per heavy atom. The third-order valence-electron chi connectivity index (χ3n) is 6.77. The molecule has 35 heavy (non-hydrogen) atoms. The Labute approximate surface area is 209 Å². The van der Waals surface area contributed by atoms with Crippen LogP contribution < -0.4 is 9.62 Å². The van der Waals surface area contributed by atoms with E-state index in [2.05, 4.69) is 5.32 Å². The van der Waals surface area contributed by atoms with Crippen LogP contribution in [0.4, 0.5) is 5.69 Å². The molecule has 0 radical (unpaired) electrons. The van der Waals surface area contributed by atoms with E-state index in [0.717, 1.165) is 52.9 Å². The minimum absolute atomic E-state index is 0.121. The van der Waals surface area contributed by atoms with E-state index in [4.69, 9.17) is 0 Å². The van der Waals surface area contributed by atoms with Gasteiger partial charge in [-0.05, 0) is 62.4 Å². The molecule has 1 N–H and O–H groups in total. The van der Waals surface area contributed by atoms with E-state index in [1.54, 1.807) is 19.1 Å². The molecule has 2 aromatic carbocycles. The Morgan fingerprint density at radius 1 is 1.00 bits per heavy atom. The van der Waals surface area contributed by atoms with Crippen molar-refractivity contribution in [3.05, 3.63) is 65.2 Å². The highest BCUT2D eigenvalue weighted by atomic mass is 32.2. The van der Waals surface area contributed by atoms with Crippen molar-refractivity contribution in [2.24, 2.45) is 0 Å². The predicted octanol–water partition coefficient (Wildman–Crippen LogP) is 3.94. The first-order valence-electron chi connectivity index (χ1n) is 12.2. The molecular formula is C27H37N3O4S. The number of carbonyl (C=O) groups is 2. The number of anilines is 1. The van der Waals surface area contributed by atoms with Crippen LogP contribution in [0.1, 0.15) is 55.7 Å². The van der Waals surface area contributed by atoms with Crippen LogP contribution >= 0.6 is 0 Å². The van der Waals surface area contributed by atoms with Gasteiger partial charge in [0.25, 0.3) is 0 Å². The van der Waals surface area contributed by atoms with Gasteiger partial charge in [0.15, 0.2) is 0 Å². The number of benzene rings is 2. The number of rotatable bonds is 9. The normalized spacial score (nSPS) is 15.3. The van der Waals surface area contributed by atoms with Gasteiger partial charge in [-0.25, -0.2) is 8.42 Å². The van der Waals surface area contributed by atoms with Crippen molar-refractivity contribution >= 4 is 27.5 Å². The van der Waals surface area contributed by atoms with Crippen LogP contribution in [0, 0.1) is 13.8 Å². The molecule has 0 saturated heterocycles. The van der Waals surface area contributed by atoms with Gasteiger partial charge in [-0.3, -0.25) is 13.9 Å². The van der Waals surface area contributed by atoms with E-state index in [-0.39, 0.29) is 25.0 Å². The highest BCUT2D eigenvalue weighted by Gasteiger charge is 2.31. The first-order valence-corrected chi connectivity index (χ1v) is 14.1. The molecule has 0 aliphatic heterocycles. The summed E-state index contributed by atoms with van der Waals surface area (Å²) in [6.45, 7) is 5.39. The molecular weight excluding hydrogens is 462 g/mol. The lowest BCUT2D eigenvalue weighted by atomic mass is 9.95. The van der Waals surface area contributed by atoms with Crippen molar-refractivity contribution in [3.8, 4) is 0 Å². The first-order chi connectivity index (χ1) is 16.6. The number of amides is 2. The number of hydrogen-bond donors (Lipinski definition) is 1. The SMILES string of the molecule is Cc1ccc(N(CC(=O)N(Cc2ccccc2)C(C)C(=O)NC2CCCCC2)S(C)(=O)=O)cc1C. The lowest BCUT2D eigenvalue weighted by Gasteiger charge is -2.33. The molecule has 0 spiro atoms. The zero-order chi connectivity index (χ0) is 25.6. The molecule has 0 heterocycles. The second kappa shape index (κ2) is 11.7. The van der Waals surface area contributed by atoms with E-state index in [0.29, 0.717) is 5.69 Å². The summed E-state index contributed by atoms with van der Waals surface area (Å²) in [5, 5.41) is 3.10. The molecule has 2 aromatic rings. The van der Waals surface area contributed by atoms with E-state index in [9.17, 15) is 18.0 Å². The van der Waals surface area contributed by atoms with E-state index in [1.807, 2.05) is 50.2 Å². The Bertz CT molecular complexity index is 1130. The second-order valence-corrected chi connectivity index (χ2v) is 11.5. The molecule has 1 fully saturated rings. The molecule has 1 aliphatic carbocycles. The first kappa shape index (κ1) is 26.7. The summed E-state index contributed by atoms with van der Waals surface area (Å²) in [5.41, 5.74) is 3.27. The minimum atomic E-state index is -3.73. The molecule has 1 unspecified atom stereocenters. The monoisotopic (exact) mass is 499 g/mol. The molecule has 1 saturated carbocycles. The average molecular weight is 500 g/mol. The molecule has 2 amide bonds. The number of hydrogen-bond acceptors (Lipinski definition) is 4. The molecule has 3 rings (SSSR count). The maximum Gasteiger partial charge on any atom is 0.244 e. The quantitative estimate of drug-likeness (QED) is 0.566. The highest BCUT2D eigenvalue weighted by molar-refractivity contribution is 7.92. The van der Waals surface area contributed by atoms with E-state index >= 15 is 0 Å². The van der Waals surface area contributed by atoms with Crippen LogP contribution in [-0.2, 0) is 26.2 Å². The summed E-state index contributed by atoms with van der Waals surface area (Å²) in [6, 6.07) is 14.1. The summed E-state index contributed by atoms with van der Waals surface area (Å²) >= 11 is 0. The van der Waals surface area contributed by atoms with Crippen molar-refractivity contribution in [1.82, 2.24) is 10.2 Å². The minimum Gasteiger partial charge on any atom is -0.352 e. The van der Waals surface area contributed by atoms with Gasteiger partial charge in [0.2, 0.25) is 21.8 Å². The number of nitrogens with one attached hydrogen (secondary N) is 1. The second-order valence-electron chi connectivity index (χ2n) is 9.56. The van der Waals surface area contributed by atoms with Crippen LogP contribution in [0.15, 0.2) is 48.5 Å². The molecule has 190 valence electrons. The fraction of sp³-hybridized carbons (Fsp3) is 0.481. The molecule has 7 nitrogen and oxygen atoms in total. The van der Waals surface area contributed by atoms with Gasteiger partial charge in [-0.1, -0.05) is 55.7 Å². The van der Waals surface area contributed by atoms with Crippen LogP contribution in [0.3, 0.4) is 0 Å². The third-order valence-corrected chi connectivity index (χ3v) is 7.91. The summed E-state index contributed by atoms with van der Waals surface area (Å²) in [6.07, 6.45) is 6.34. The maximum absolute atomic E-state index is 13.6. The molecule has 8 heteroatoms. The van der Waals surface area contributed by atoms with E-state index < -0.39 is 22.0 Å². The van der Waals surface area contributed by atoms with Gasteiger partial charge in [0, 0.05) is 12.6 Å². The fourth-order valence-corrected chi connectivity index (χ4v) is 5.27. The number of sulfonamides is 1. The fourth-order valence-electron chi connectivity index (χ4n) is 4.43. The zero-order valence-electron chi connectivity index (χ0n) is 21.2.